The topological polar surface area (TPSA) is 20.2 Å². The van der Waals surface area contributed by atoms with Gasteiger partial charge in [-0.3, -0.25) is 0 Å². The Bertz CT molecular complexity index is 1170. The molecule has 0 saturated heterocycles. The molecule has 136 valence electrons. The number of fused-ring (bicyclic) bond motifs is 1. The number of hydrogen-bond donors (Lipinski definition) is 1. The van der Waals surface area contributed by atoms with Crippen molar-refractivity contribution >= 4 is 26.7 Å². The molecule has 4 aromatic carbocycles. The fraction of sp³-hybridized carbons (Fsp3) is 0.0769. The molecule has 0 aliphatic rings. The maximum atomic E-state index is 10.8. The number of hydrogen-bond acceptors (Lipinski definition) is 1. The van der Waals surface area contributed by atoms with Crippen LogP contribution in [-0.2, 0) is 12.8 Å². The van der Waals surface area contributed by atoms with Gasteiger partial charge in [-0.25, -0.2) is 0 Å². The molecule has 4 aromatic rings. The minimum absolute atomic E-state index is 0.345. The van der Waals surface area contributed by atoms with Crippen LogP contribution in [0.1, 0.15) is 22.3 Å². The lowest BCUT2D eigenvalue weighted by atomic mass is 9.98. The Morgan fingerprint density at radius 3 is 2.32 bits per heavy atom. The van der Waals surface area contributed by atoms with Gasteiger partial charge in [-0.2, -0.15) is 0 Å². The first-order valence-corrected chi connectivity index (χ1v) is 10.0. The summed E-state index contributed by atoms with van der Waals surface area (Å²) in [5.74, 6) is 6.80. The molecular formula is C26H19BrO. The maximum Gasteiger partial charge on any atom is 0.126 e. The molecular weight excluding hydrogens is 408 g/mol. The minimum Gasteiger partial charge on any atom is -0.507 e. The summed E-state index contributed by atoms with van der Waals surface area (Å²) in [5, 5.41) is 12.7. The third-order valence-corrected chi connectivity index (χ3v) is 5.28. The van der Waals surface area contributed by atoms with Gasteiger partial charge in [0.25, 0.3) is 0 Å². The predicted octanol–water partition coefficient (Wildman–Crippen LogP) is 6.49. The quantitative estimate of drug-likeness (QED) is 0.371. The Balaban J connectivity index is 1.60. The molecule has 1 N–H and O–H groups in total. The number of phenolic OH excluding ortho intramolecular Hbond substituents is 1. The van der Waals surface area contributed by atoms with Gasteiger partial charge >= 0.3 is 0 Å². The fourth-order valence-electron chi connectivity index (χ4n) is 3.24. The van der Waals surface area contributed by atoms with Gasteiger partial charge in [-0.05, 0) is 46.3 Å². The molecule has 0 radical (unpaired) electrons. The molecule has 0 aliphatic carbocycles. The summed E-state index contributed by atoms with van der Waals surface area (Å²) in [6, 6.07) is 28.5. The molecule has 0 heterocycles. The molecule has 1 nitrogen and oxygen atoms in total. The molecule has 0 fully saturated rings. The predicted molar refractivity (Wildman–Crippen MR) is 120 cm³/mol. The van der Waals surface area contributed by atoms with Crippen molar-refractivity contribution in [1.29, 1.82) is 0 Å². The van der Waals surface area contributed by atoms with Crippen LogP contribution in [0.15, 0.2) is 89.4 Å². The second-order valence-corrected chi connectivity index (χ2v) is 7.69. The SMILES string of the molecule is Oc1c(Cc2ccccc2)ccc2ccc(C#CCc3ccc(Br)cc3)cc12. The zero-order valence-corrected chi connectivity index (χ0v) is 16.9. The van der Waals surface area contributed by atoms with E-state index in [2.05, 4.69) is 58.1 Å². The third kappa shape index (κ3) is 4.27. The minimum atomic E-state index is 0.345. The van der Waals surface area contributed by atoms with E-state index in [0.29, 0.717) is 18.6 Å². The highest BCUT2D eigenvalue weighted by Gasteiger charge is 2.08. The first-order valence-electron chi connectivity index (χ1n) is 9.21. The first kappa shape index (κ1) is 18.3. The highest BCUT2D eigenvalue weighted by atomic mass is 79.9. The standard InChI is InChI=1S/C26H19BrO/c27-24-15-10-19(11-16-24)7-4-8-21-9-12-22-13-14-23(26(28)25(22)18-21)17-20-5-2-1-3-6-20/h1-3,5-6,9-16,18,28H,7,17H2. The summed E-state index contributed by atoms with van der Waals surface area (Å²) in [4.78, 5) is 0. The normalized spacial score (nSPS) is 10.5. The number of phenols is 1. The van der Waals surface area contributed by atoms with E-state index in [4.69, 9.17) is 0 Å². The van der Waals surface area contributed by atoms with Crippen LogP contribution in [0.2, 0.25) is 0 Å². The van der Waals surface area contributed by atoms with Crippen LogP contribution in [0, 0.1) is 11.8 Å². The molecule has 0 spiro atoms. The van der Waals surface area contributed by atoms with Crippen LogP contribution in [-0.4, -0.2) is 5.11 Å². The van der Waals surface area contributed by atoms with Crippen LogP contribution in [0.3, 0.4) is 0 Å². The summed E-state index contributed by atoms with van der Waals surface area (Å²) in [6.07, 6.45) is 1.41. The summed E-state index contributed by atoms with van der Waals surface area (Å²) in [7, 11) is 0. The van der Waals surface area contributed by atoms with Crippen molar-refractivity contribution in [2.75, 3.05) is 0 Å². The largest absolute Gasteiger partial charge is 0.507 e. The van der Waals surface area contributed by atoms with Crippen molar-refractivity contribution in [2.24, 2.45) is 0 Å². The Morgan fingerprint density at radius 2 is 1.54 bits per heavy atom. The highest BCUT2D eigenvalue weighted by Crippen LogP contribution is 2.31. The maximum absolute atomic E-state index is 10.8. The molecule has 0 aliphatic heterocycles. The van der Waals surface area contributed by atoms with Crippen molar-refractivity contribution in [3.05, 3.63) is 112 Å². The molecule has 4 rings (SSSR count). The zero-order chi connectivity index (χ0) is 19.3. The number of rotatable bonds is 3. The van der Waals surface area contributed by atoms with E-state index in [-0.39, 0.29) is 0 Å². The Labute approximate surface area is 173 Å². The van der Waals surface area contributed by atoms with E-state index < -0.39 is 0 Å². The second-order valence-electron chi connectivity index (χ2n) is 6.78. The van der Waals surface area contributed by atoms with Gasteiger partial charge < -0.3 is 5.11 Å². The molecule has 0 unspecified atom stereocenters. The van der Waals surface area contributed by atoms with E-state index in [1.807, 2.05) is 54.6 Å². The number of aromatic hydroxyl groups is 1. The zero-order valence-electron chi connectivity index (χ0n) is 15.3. The van der Waals surface area contributed by atoms with E-state index in [0.717, 1.165) is 26.4 Å². The Hall–Kier alpha value is -3.02. The molecule has 0 atom stereocenters. The average Bonchev–Trinajstić information content (AvgIpc) is 2.73. The summed E-state index contributed by atoms with van der Waals surface area (Å²) < 4.78 is 1.07. The third-order valence-electron chi connectivity index (χ3n) is 4.75. The average molecular weight is 427 g/mol. The number of benzene rings is 4. The molecule has 0 aromatic heterocycles. The smallest absolute Gasteiger partial charge is 0.126 e. The van der Waals surface area contributed by atoms with Crippen molar-refractivity contribution < 1.29 is 5.11 Å². The number of halogens is 1. The first-order chi connectivity index (χ1) is 13.7. The van der Waals surface area contributed by atoms with Crippen LogP contribution < -0.4 is 0 Å². The summed E-state index contributed by atoms with van der Waals surface area (Å²) >= 11 is 3.45. The Morgan fingerprint density at radius 1 is 0.786 bits per heavy atom. The highest BCUT2D eigenvalue weighted by molar-refractivity contribution is 9.10. The fourth-order valence-corrected chi connectivity index (χ4v) is 3.50. The Kier molecular flexibility index (Phi) is 5.46. The van der Waals surface area contributed by atoms with E-state index >= 15 is 0 Å². The van der Waals surface area contributed by atoms with Crippen LogP contribution >= 0.6 is 15.9 Å². The van der Waals surface area contributed by atoms with Crippen LogP contribution in [0.25, 0.3) is 10.8 Å². The summed E-state index contributed by atoms with van der Waals surface area (Å²) in [6.45, 7) is 0. The lowest BCUT2D eigenvalue weighted by molar-refractivity contribution is 0.476. The van der Waals surface area contributed by atoms with E-state index in [1.165, 1.54) is 11.1 Å². The molecule has 2 heteroatoms. The van der Waals surface area contributed by atoms with Crippen LogP contribution in [0.5, 0.6) is 5.75 Å². The van der Waals surface area contributed by atoms with Gasteiger partial charge in [0.05, 0.1) is 0 Å². The van der Waals surface area contributed by atoms with Crippen molar-refractivity contribution in [3.8, 4) is 17.6 Å². The molecule has 0 amide bonds. The van der Waals surface area contributed by atoms with Crippen molar-refractivity contribution in [3.63, 3.8) is 0 Å². The molecule has 28 heavy (non-hydrogen) atoms. The van der Waals surface area contributed by atoms with Gasteiger partial charge in [0.2, 0.25) is 0 Å². The van der Waals surface area contributed by atoms with Gasteiger partial charge in [-0.1, -0.05) is 88.4 Å². The van der Waals surface area contributed by atoms with Gasteiger partial charge in [-0.15, -0.1) is 0 Å². The van der Waals surface area contributed by atoms with E-state index in [9.17, 15) is 5.11 Å². The second kappa shape index (κ2) is 8.33. The van der Waals surface area contributed by atoms with E-state index in [1.54, 1.807) is 0 Å². The monoisotopic (exact) mass is 426 g/mol. The molecule has 0 saturated carbocycles. The lowest BCUT2D eigenvalue weighted by Crippen LogP contribution is -1.90. The van der Waals surface area contributed by atoms with Gasteiger partial charge in [0, 0.05) is 28.3 Å². The summed E-state index contributed by atoms with van der Waals surface area (Å²) in [5.41, 5.74) is 4.21. The van der Waals surface area contributed by atoms with Crippen molar-refractivity contribution in [2.45, 2.75) is 12.8 Å². The molecule has 0 bridgehead atoms. The van der Waals surface area contributed by atoms with Gasteiger partial charge in [0.1, 0.15) is 5.75 Å². The van der Waals surface area contributed by atoms with Gasteiger partial charge in [0.15, 0.2) is 0 Å². The van der Waals surface area contributed by atoms with Crippen molar-refractivity contribution in [1.82, 2.24) is 0 Å². The van der Waals surface area contributed by atoms with Crippen LogP contribution in [0.4, 0.5) is 0 Å². The lowest BCUT2D eigenvalue weighted by Gasteiger charge is -2.09.